The number of ether oxygens (including phenoxy) is 1. The second-order valence-corrected chi connectivity index (χ2v) is 6.04. The number of hydrogen-bond acceptors (Lipinski definition) is 2. The minimum absolute atomic E-state index is 0.493. The smallest absolute Gasteiger partial charge is 0.130 e. The van der Waals surface area contributed by atoms with E-state index in [0.29, 0.717) is 12.5 Å². The molecular formula is C17H20BrNO. The minimum atomic E-state index is 0.493. The molecule has 106 valence electrons. The molecule has 0 saturated carbocycles. The Hall–Kier alpha value is -1.32. The highest BCUT2D eigenvalue weighted by Gasteiger charge is 2.07. The molecule has 0 aromatic heterocycles. The molecule has 0 atom stereocenters. The predicted molar refractivity (Wildman–Crippen MR) is 87.5 cm³/mol. The molecule has 0 radical (unpaired) electrons. The lowest BCUT2D eigenvalue weighted by Gasteiger charge is -2.13. The maximum atomic E-state index is 6.03. The summed E-state index contributed by atoms with van der Waals surface area (Å²) in [6.45, 7) is 4.97. The lowest BCUT2D eigenvalue weighted by Crippen LogP contribution is -2.04. The van der Waals surface area contributed by atoms with E-state index < -0.39 is 0 Å². The molecule has 0 aliphatic heterocycles. The van der Waals surface area contributed by atoms with Crippen LogP contribution in [0.2, 0.25) is 0 Å². The van der Waals surface area contributed by atoms with Gasteiger partial charge in [0.05, 0.1) is 0 Å². The molecule has 20 heavy (non-hydrogen) atoms. The quantitative estimate of drug-likeness (QED) is 0.847. The maximum absolute atomic E-state index is 6.03. The molecule has 0 fully saturated rings. The van der Waals surface area contributed by atoms with Crippen LogP contribution in [0.1, 0.15) is 30.9 Å². The van der Waals surface area contributed by atoms with Gasteiger partial charge in [-0.1, -0.05) is 41.9 Å². The molecule has 2 aromatic rings. The van der Waals surface area contributed by atoms with Crippen molar-refractivity contribution in [3.8, 4) is 11.5 Å². The number of benzene rings is 2. The van der Waals surface area contributed by atoms with Crippen molar-refractivity contribution in [3.63, 3.8) is 0 Å². The normalized spacial score (nSPS) is 10.8. The van der Waals surface area contributed by atoms with Crippen molar-refractivity contribution in [1.29, 1.82) is 0 Å². The Morgan fingerprint density at radius 3 is 2.65 bits per heavy atom. The maximum Gasteiger partial charge on any atom is 0.130 e. The van der Waals surface area contributed by atoms with Crippen LogP contribution in [0.4, 0.5) is 0 Å². The van der Waals surface area contributed by atoms with E-state index in [-0.39, 0.29) is 0 Å². The van der Waals surface area contributed by atoms with E-state index in [4.69, 9.17) is 10.5 Å². The van der Waals surface area contributed by atoms with Gasteiger partial charge in [0.15, 0.2) is 0 Å². The molecule has 2 rings (SSSR count). The fourth-order valence-electron chi connectivity index (χ4n) is 2.06. The Labute approximate surface area is 129 Å². The minimum Gasteiger partial charge on any atom is -0.457 e. The van der Waals surface area contributed by atoms with Crippen molar-refractivity contribution in [2.75, 3.05) is 6.54 Å². The molecule has 2 aromatic carbocycles. The predicted octanol–water partition coefficient (Wildman–Crippen LogP) is 4.87. The molecule has 0 spiro atoms. The first-order valence-corrected chi connectivity index (χ1v) is 7.65. The molecule has 2 nitrogen and oxygen atoms in total. The first-order chi connectivity index (χ1) is 9.60. The lowest BCUT2D eigenvalue weighted by molar-refractivity contribution is 0.475. The third kappa shape index (κ3) is 3.84. The first-order valence-electron chi connectivity index (χ1n) is 6.86. The van der Waals surface area contributed by atoms with Crippen LogP contribution < -0.4 is 10.5 Å². The molecule has 0 saturated heterocycles. The van der Waals surface area contributed by atoms with Gasteiger partial charge in [-0.3, -0.25) is 0 Å². The number of nitrogens with two attached hydrogens (primary N) is 1. The third-order valence-electron chi connectivity index (χ3n) is 3.19. The van der Waals surface area contributed by atoms with Gasteiger partial charge in [-0.25, -0.2) is 0 Å². The van der Waals surface area contributed by atoms with E-state index in [1.54, 1.807) is 0 Å². The summed E-state index contributed by atoms with van der Waals surface area (Å²) < 4.78 is 7.08. The number of rotatable bonds is 5. The molecular weight excluding hydrogens is 314 g/mol. The molecule has 0 bridgehead atoms. The topological polar surface area (TPSA) is 35.2 Å². The van der Waals surface area contributed by atoms with Gasteiger partial charge >= 0.3 is 0 Å². The summed E-state index contributed by atoms with van der Waals surface area (Å²) in [5.74, 6) is 2.24. The largest absolute Gasteiger partial charge is 0.457 e. The van der Waals surface area contributed by atoms with E-state index in [9.17, 15) is 0 Å². The highest BCUT2D eigenvalue weighted by atomic mass is 79.9. The van der Waals surface area contributed by atoms with E-state index in [0.717, 1.165) is 28.0 Å². The Kier molecular flexibility index (Phi) is 5.21. The van der Waals surface area contributed by atoms with Gasteiger partial charge in [0.25, 0.3) is 0 Å². The second kappa shape index (κ2) is 6.91. The van der Waals surface area contributed by atoms with Gasteiger partial charge < -0.3 is 10.5 Å². The summed E-state index contributed by atoms with van der Waals surface area (Å²) in [6, 6.07) is 14.3. The summed E-state index contributed by atoms with van der Waals surface area (Å²) in [5.41, 5.74) is 8.07. The van der Waals surface area contributed by atoms with Gasteiger partial charge in [-0.15, -0.1) is 0 Å². The molecule has 3 heteroatoms. The van der Waals surface area contributed by atoms with Crippen molar-refractivity contribution in [2.45, 2.75) is 26.2 Å². The van der Waals surface area contributed by atoms with Crippen molar-refractivity contribution >= 4 is 15.9 Å². The van der Waals surface area contributed by atoms with Crippen molar-refractivity contribution in [1.82, 2.24) is 0 Å². The second-order valence-electron chi connectivity index (χ2n) is 5.12. The Morgan fingerprint density at radius 2 is 1.95 bits per heavy atom. The number of halogens is 1. The zero-order chi connectivity index (χ0) is 14.5. The fourth-order valence-corrected chi connectivity index (χ4v) is 2.47. The van der Waals surface area contributed by atoms with Crippen LogP contribution in [-0.4, -0.2) is 6.54 Å². The van der Waals surface area contributed by atoms with Gasteiger partial charge in [0, 0.05) is 4.47 Å². The third-order valence-corrected chi connectivity index (χ3v) is 3.68. The summed E-state index contributed by atoms with van der Waals surface area (Å²) in [4.78, 5) is 0. The van der Waals surface area contributed by atoms with Crippen LogP contribution >= 0.6 is 15.9 Å². The van der Waals surface area contributed by atoms with E-state index in [2.05, 4.69) is 48.0 Å². The van der Waals surface area contributed by atoms with Gasteiger partial charge in [-0.05, 0) is 60.3 Å². The fraction of sp³-hybridized carbons (Fsp3) is 0.294. The Bertz CT molecular complexity index is 581. The van der Waals surface area contributed by atoms with E-state index in [1.165, 1.54) is 5.56 Å². The van der Waals surface area contributed by atoms with Crippen LogP contribution in [-0.2, 0) is 6.42 Å². The van der Waals surface area contributed by atoms with Crippen LogP contribution in [0.25, 0.3) is 0 Å². The molecule has 0 unspecified atom stereocenters. The summed E-state index contributed by atoms with van der Waals surface area (Å²) in [6.07, 6.45) is 0.804. The molecule has 0 amide bonds. The molecule has 0 aliphatic carbocycles. The Morgan fingerprint density at radius 1 is 1.15 bits per heavy atom. The Balaban J connectivity index is 2.27. The first kappa shape index (κ1) is 15.1. The summed E-state index contributed by atoms with van der Waals surface area (Å²) in [5, 5.41) is 0. The molecule has 0 heterocycles. The van der Waals surface area contributed by atoms with E-state index in [1.807, 2.05) is 24.3 Å². The average molecular weight is 334 g/mol. The van der Waals surface area contributed by atoms with Gasteiger partial charge in [0.1, 0.15) is 11.5 Å². The zero-order valence-electron chi connectivity index (χ0n) is 11.9. The summed E-state index contributed by atoms with van der Waals surface area (Å²) >= 11 is 3.49. The van der Waals surface area contributed by atoms with Crippen LogP contribution in [0.5, 0.6) is 11.5 Å². The van der Waals surface area contributed by atoms with Gasteiger partial charge in [0.2, 0.25) is 0 Å². The van der Waals surface area contributed by atoms with Crippen molar-refractivity contribution in [2.24, 2.45) is 5.73 Å². The van der Waals surface area contributed by atoms with Crippen molar-refractivity contribution < 1.29 is 4.74 Å². The van der Waals surface area contributed by atoms with E-state index >= 15 is 0 Å². The zero-order valence-corrected chi connectivity index (χ0v) is 13.5. The SMILES string of the molecule is CC(C)c1cccc(Oc2ccc(Br)cc2CCN)c1. The van der Waals surface area contributed by atoms with Crippen LogP contribution in [0, 0.1) is 0 Å². The molecule has 0 aliphatic rings. The highest BCUT2D eigenvalue weighted by Crippen LogP contribution is 2.30. The van der Waals surface area contributed by atoms with Crippen LogP contribution in [0.3, 0.4) is 0 Å². The van der Waals surface area contributed by atoms with Crippen LogP contribution in [0.15, 0.2) is 46.9 Å². The standard InChI is InChI=1S/C17H20BrNO/c1-12(2)13-4-3-5-16(11-13)20-17-7-6-15(18)10-14(17)8-9-19/h3-7,10-12H,8-9,19H2,1-2H3. The highest BCUT2D eigenvalue weighted by molar-refractivity contribution is 9.10. The summed E-state index contributed by atoms with van der Waals surface area (Å²) in [7, 11) is 0. The molecule has 2 N–H and O–H groups in total. The average Bonchev–Trinajstić information content (AvgIpc) is 2.42. The van der Waals surface area contributed by atoms with Gasteiger partial charge in [-0.2, -0.15) is 0 Å². The lowest BCUT2D eigenvalue weighted by atomic mass is 10.0. The number of hydrogen-bond donors (Lipinski definition) is 1. The van der Waals surface area contributed by atoms with Crippen molar-refractivity contribution in [3.05, 3.63) is 58.1 Å². The monoisotopic (exact) mass is 333 g/mol.